The molecule has 2 N–H and O–H groups in total. The topological polar surface area (TPSA) is 58.2 Å². The standard InChI is InChI=1S/C12H13NO.C9H8BrNO/c14-12-11-4-3-9(8-1-2-8)7-10(11)5-6-13-12;10-7-1-2-8-6(5-7)3-4-11-9(8)12/h3-4,7-8H,1-2,5-6H2,(H,13,14);1-2,5H,3-4H2,(H,11,12). The highest BCUT2D eigenvalue weighted by Gasteiger charge is 2.25. The summed E-state index contributed by atoms with van der Waals surface area (Å²) in [4.78, 5) is 22.7. The molecule has 0 aromatic heterocycles. The maximum absolute atomic E-state index is 11.5. The van der Waals surface area contributed by atoms with Crippen LogP contribution in [-0.4, -0.2) is 24.9 Å². The van der Waals surface area contributed by atoms with Gasteiger partial charge in [0.1, 0.15) is 0 Å². The van der Waals surface area contributed by atoms with Crippen molar-refractivity contribution in [3.05, 3.63) is 68.7 Å². The van der Waals surface area contributed by atoms with Gasteiger partial charge in [0.25, 0.3) is 11.8 Å². The fourth-order valence-electron chi connectivity index (χ4n) is 3.52. The van der Waals surface area contributed by atoms with Gasteiger partial charge in [-0.05, 0) is 72.6 Å². The Kier molecular flexibility index (Phi) is 4.81. The number of hydrogen-bond acceptors (Lipinski definition) is 2. The average Bonchev–Trinajstić information content (AvgIpc) is 3.47. The van der Waals surface area contributed by atoms with E-state index in [0.717, 1.165) is 53.0 Å². The highest BCUT2D eigenvalue weighted by Crippen LogP contribution is 2.40. The number of carbonyl (C=O) groups is 2. The van der Waals surface area contributed by atoms with Gasteiger partial charge < -0.3 is 10.6 Å². The Morgan fingerprint density at radius 1 is 0.808 bits per heavy atom. The molecule has 3 aliphatic rings. The monoisotopic (exact) mass is 412 g/mol. The van der Waals surface area contributed by atoms with E-state index in [0.29, 0.717) is 0 Å². The van der Waals surface area contributed by atoms with Crippen molar-refractivity contribution in [2.75, 3.05) is 13.1 Å². The van der Waals surface area contributed by atoms with Crippen molar-refractivity contribution in [3.63, 3.8) is 0 Å². The van der Waals surface area contributed by atoms with Gasteiger partial charge in [0, 0.05) is 28.7 Å². The van der Waals surface area contributed by atoms with Crippen LogP contribution in [0.1, 0.15) is 56.2 Å². The molecule has 1 aliphatic carbocycles. The Hall–Kier alpha value is -2.14. The highest BCUT2D eigenvalue weighted by molar-refractivity contribution is 9.10. The zero-order valence-electron chi connectivity index (χ0n) is 14.5. The largest absolute Gasteiger partial charge is 0.352 e. The molecule has 2 aliphatic heterocycles. The SMILES string of the molecule is O=C1NCCc2cc(Br)ccc21.O=C1NCCc2cc(C3CC3)ccc21. The Morgan fingerprint density at radius 3 is 2.00 bits per heavy atom. The van der Waals surface area contributed by atoms with Crippen LogP contribution in [0.2, 0.25) is 0 Å². The molecule has 5 heteroatoms. The Bertz CT molecular complexity index is 874. The summed E-state index contributed by atoms with van der Waals surface area (Å²) in [5, 5.41) is 5.67. The smallest absolute Gasteiger partial charge is 0.251 e. The van der Waals surface area contributed by atoms with Crippen molar-refractivity contribution in [2.24, 2.45) is 0 Å². The van der Waals surface area contributed by atoms with Crippen LogP contribution in [-0.2, 0) is 12.8 Å². The minimum Gasteiger partial charge on any atom is -0.352 e. The third-order valence-electron chi connectivity index (χ3n) is 5.09. The summed E-state index contributed by atoms with van der Waals surface area (Å²) in [7, 11) is 0. The predicted molar refractivity (Wildman–Crippen MR) is 105 cm³/mol. The van der Waals surface area contributed by atoms with E-state index in [9.17, 15) is 9.59 Å². The zero-order chi connectivity index (χ0) is 18.1. The first kappa shape index (κ1) is 17.3. The molecule has 5 rings (SSSR count). The number of fused-ring (bicyclic) bond motifs is 2. The predicted octanol–water partition coefficient (Wildman–Crippen LogP) is 3.58. The van der Waals surface area contributed by atoms with Crippen molar-refractivity contribution in [1.82, 2.24) is 10.6 Å². The van der Waals surface area contributed by atoms with Crippen LogP contribution in [0, 0.1) is 0 Å². The molecule has 2 aromatic carbocycles. The summed E-state index contributed by atoms with van der Waals surface area (Å²) in [6, 6.07) is 12.1. The quantitative estimate of drug-likeness (QED) is 0.751. The molecule has 0 radical (unpaired) electrons. The van der Waals surface area contributed by atoms with Crippen molar-refractivity contribution in [3.8, 4) is 0 Å². The third kappa shape index (κ3) is 3.68. The molecule has 2 heterocycles. The van der Waals surface area contributed by atoms with Crippen molar-refractivity contribution in [1.29, 1.82) is 0 Å². The maximum atomic E-state index is 11.5. The summed E-state index contributed by atoms with van der Waals surface area (Å²) in [5.41, 5.74) is 5.48. The lowest BCUT2D eigenvalue weighted by Gasteiger charge is -2.17. The molecule has 1 saturated carbocycles. The lowest BCUT2D eigenvalue weighted by atomic mass is 9.96. The van der Waals surface area contributed by atoms with Gasteiger partial charge in [-0.3, -0.25) is 9.59 Å². The van der Waals surface area contributed by atoms with Gasteiger partial charge in [0.2, 0.25) is 0 Å². The molecule has 26 heavy (non-hydrogen) atoms. The fourth-order valence-corrected chi connectivity index (χ4v) is 3.92. The van der Waals surface area contributed by atoms with E-state index in [4.69, 9.17) is 0 Å². The summed E-state index contributed by atoms with van der Waals surface area (Å²) >= 11 is 3.38. The molecule has 4 nitrogen and oxygen atoms in total. The van der Waals surface area contributed by atoms with Gasteiger partial charge in [-0.25, -0.2) is 0 Å². The van der Waals surface area contributed by atoms with Gasteiger partial charge in [0.05, 0.1) is 0 Å². The second kappa shape index (κ2) is 7.23. The van der Waals surface area contributed by atoms with Crippen LogP contribution in [0.5, 0.6) is 0 Å². The van der Waals surface area contributed by atoms with Crippen molar-refractivity contribution >= 4 is 27.7 Å². The molecule has 0 unspecified atom stereocenters. The fraction of sp³-hybridized carbons (Fsp3) is 0.333. The van der Waals surface area contributed by atoms with Gasteiger partial charge in [-0.2, -0.15) is 0 Å². The molecule has 2 aromatic rings. The van der Waals surface area contributed by atoms with Crippen LogP contribution in [0.3, 0.4) is 0 Å². The molecule has 2 amide bonds. The molecule has 1 fully saturated rings. The van der Waals surface area contributed by atoms with E-state index in [-0.39, 0.29) is 11.8 Å². The van der Waals surface area contributed by atoms with Gasteiger partial charge >= 0.3 is 0 Å². The number of rotatable bonds is 1. The Morgan fingerprint density at radius 2 is 1.38 bits per heavy atom. The van der Waals surface area contributed by atoms with Crippen LogP contribution < -0.4 is 10.6 Å². The van der Waals surface area contributed by atoms with Crippen LogP contribution in [0.25, 0.3) is 0 Å². The second-order valence-electron chi connectivity index (χ2n) is 7.00. The normalized spacial score (nSPS) is 17.9. The molecule has 134 valence electrons. The Balaban J connectivity index is 0.000000131. The summed E-state index contributed by atoms with van der Waals surface area (Å²) in [5.74, 6) is 0.919. The van der Waals surface area contributed by atoms with E-state index in [1.165, 1.54) is 24.0 Å². The number of nitrogens with one attached hydrogen (secondary N) is 2. The first-order valence-electron chi connectivity index (χ1n) is 9.09. The van der Waals surface area contributed by atoms with Crippen molar-refractivity contribution in [2.45, 2.75) is 31.6 Å². The summed E-state index contributed by atoms with van der Waals surface area (Å²) in [6.45, 7) is 1.54. The van der Waals surface area contributed by atoms with Crippen molar-refractivity contribution < 1.29 is 9.59 Å². The van der Waals surface area contributed by atoms with E-state index in [1.807, 2.05) is 24.3 Å². The van der Waals surface area contributed by atoms with Crippen LogP contribution >= 0.6 is 15.9 Å². The first-order valence-corrected chi connectivity index (χ1v) is 9.89. The third-order valence-corrected chi connectivity index (χ3v) is 5.59. The number of amides is 2. The van der Waals surface area contributed by atoms with Gasteiger partial charge in [-0.15, -0.1) is 0 Å². The minimum absolute atomic E-state index is 0.0451. The highest BCUT2D eigenvalue weighted by atomic mass is 79.9. The summed E-state index contributed by atoms with van der Waals surface area (Å²) < 4.78 is 1.04. The second-order valence-corrected chi connectivity index (χ2v) is 7.92. The molecule has 0 saturated heterocycles. The van der Waals surface area contributed by atoms with Gasteiger partial charge in [-0.1, -0.05) is 28.1 Å². The molecule has 0 atom stereocenters. The number of hydrogen-bond donors (Lipinski definition) is 2. The number of carbonyl (C=O) groups excluding carboxylic acids is 2. The zero-order valence-corrected chi connectivity index (χ0v) is 16.1. The maximum Gasteiger partial charge on any atom is 0.251 e. The molecule has 0 bridgehead atoms. The summed E-state index contributed by atoms with van der Waals surface area (Å²) in [6.07, 6.45) is 4.57. The van der Waals surface area contributed by atoms with E-state index in [1.54, 1.807) is 0 Å². The molecular formula is C21H21BrN2O2. The Labute approximate surface area is 161 Å². The minimum atomic E-state index is 0.0451. The lowest BCUT2D eigenvalue weighted by Crippen LogP contribution is -2.31. The lowest BCUT2D eigenvalue weighted by molar-refractivity contribution is 0.0937. The first-order chi connectivity index (χ1) is 12.6. The molecular weight excluding hydrogens is 392 g/mol. The van der Waals surface area contributed by atoms with Crippen LogP contribution in [0.15, 0.2) is 40.9 Å². The van der Waals surface area contributed by atoms with Gasteiger partial charge in [0.15, 0.2) is 0 Å². The number of benzene rings is 2. The van der Waals surface area contributed by atoms with E-state index >= 15 is 0 Å². The average molecular weight is 413 g/mol. The van der Waals surface area contributed by atoms with E-state index < -0.39 is 0 Å². The van der Waals surface area contributed by atoms with E-state index in [2.05, 4.69) is 38.7 Å². The molecule has 0 spiro atoms. The van der Waals surface area contributed by atoms with Crippen LogP contribution in [0.4, 0.5) is 0 Å². The number of halogens is 1.